The highest BCUT2D eigenvalue weighted by Gasteiger charge is 2.27. The van der Waals surface area contributed by atoms with E-state index >= 15 is 0 Å². The van der Waals surface area contributed by atoms with Gasteiger partial charge in [0, 0.05) is 5.92 Å². The van der Waals surface area contributed by atoms with Gasteiger partial charge in [0.25, 0.3) is 0 Å². The van der Waals surface area contributed by atoms with Crippen LogP contribution in [0.2, 0.25) is 0 Å². The normalized spacial score (nSPS) is 15.6. The van der Waals surface area contributed by atoms with E-state index in [1.165, 1.54) is 7.11 Å². The first-order valence-electron chi connectivity index (χ1n) is 6.43. The second-order valence-corrected chi connectivity index (χ2v) is 4.78. The highest BCUT2D eigenvalue weighted by Crippen LogP contribution is 2.15. The molecule has 1 aromatic rings. The van der Waals surface area contributed by atoms with E-state index in [9.17, 15) is 9.90 Å². The number of esters is 1. The van der Waals surface area contributed by atoms with Gasteiger partial charge in [0.15, 0.2) is 0 Å². The van der Waals surface area contributed by atoms with Crippen molar-refractivity contribution in [2.45, 2.75) is 26.6 Å². The standard InChI is InChI=1S/C15H22O4/c1-11(14(16)12(2)15(17)18-3)9-19-10-13-7-5-4-6-8-13/h4-8,11-12,14,16H,9-10H2,1-3H3/t11-,12+,14+/m0/s1. The molecular weight excluding hydrogens is 244 g/mol. The quantitative estimate of drug-likeness (QED) is 0.767. The summed E-state index contributed by atoms with van der Waals surface area (Å²) in [4.78, 5) is 11.3. The van der Waals surface area contributed by atoms with E-state index in [0.29, 0.717) is 13.2 Å². The molecule has 106 valence electrons. The minimum Gasteiger partial charge on any atom is -0.469 e. The Morgan fingerprint density at radius 3 is 2.47 bits per heavy atom. The number of carbonyl (C=O) groups excluding carboxylic acids is 1. The minimum absolute atomic E-state index is 0.127. The third-order valence-corrected chi connectivity index (χ3v) is 3.16. The molecule has 0 spiro atoms. The monoisotopic (exact) mass is 266 g/mol. The molecule has 0 bridgehead atoms. The Morgan fingerprint density at radius 2 is 1.89 bits per heavy atom. The summed E-state index contributed by atoms with van der Waals surface area (Å²) in [6.07, 6.45) is -0.761. The number of ether oxygens (including phenoxy) is 2. The van der Waals surface area contributed by atoms with Gasteiger partial charge in [0.1, 0.15) is 0 Å². The number of hydrogen-bond donors (Lipinski definition) is 1. The fraction of sp³-hybridized carbons (Fsp3) is 0.533. The Balaban J connectivity index is 2.34. The van der Waals surface area contributed by atoms with Gasteiger partial charge in [-0.15, -0.1) is 0 Å². The molecule has 0 unspecified atom stereocenters. The van der Waals surface area contributed by atoms with E-state index in [1.54, 1.807) is 6.92 Å². The summed E-state index contributed by atoms with van der Waals surface area (Å²) in [6, 6.07) is 9.83. The lowest BCUT2D eigenvalue weighted by Crippen LogP contribution is -2.34. The van der Waals surface area contributed by atoms with Gasteiger partial charge in [-0.05, 0) is 12.5 Å². The van der Waals surface area contributed by atoms with Gasteiger partial charge in [-0.3, -0.25) is 4.79 Å². The lowest BCUT2D eigenvalue weighted by atomic mass is 9.94. The maximum absolute atomic E-state index is 11.3. The molecule has 4 heteroatoms. The summed E-state index contributed by atoms with van der Waals surface area (Å²) in [5.41, 5.74) is 1.09. The van der Waals surface area contributed by atoms with Crippen LogP contribution in [0.3, 0.4) is 0 Å². The van der Waals surface area contributed by atoms with E-state index in [1.807, 2.05) is 37.3 Å². The van der Waals surface area contributed by atoms with Crippen LogP contribution in [0.4, 0.5) is 0 Å². The maximum Gasteiger partial charge on any atom is 0.311 e. The highest BCUT2D eigenvalue weighted by atomic mass is 16.5. The van der Waals surface area contributed by atoms with E-state index in [-0.39, 0.29) is 5.92 Å². The topological polar surface area (TPSA) is 55.8 Å². The fourth-order valence-electron chi connectivity index (χ4n) is 1.85. The molecule has 0 aliphatic carbocycles. The van der Waals surface area contributed by atoms with Crippen molar-refractivity contribution in [2.75, 3.05) is 13.7 Å². The Bertz CT molecular complexity index is 377. The summed E-state index contributed by atoms with van der Waals surface area (Å²) in [7, 11) is 1.32. The predicted molar refractivity (Wildman–Crippen MR) is 72.4 cm³/mol. The van der Waals surface area contributed by atoms with Gasteiger partial charge < -0.3 is 14.6 Å². The molecule has 1 N–H and O–H groups in total. The zero-order chi connectivity index (χ0) is 14.3. The van der Waals surface area contributed by atoms with Crippen LogP contribution in [0, 0.1) is 11.8 Å². The number of hydrogen-bond acceptors (Lipinski definition) is 4. The summed E-state index contributed by atoms with van der Waals surface area (Å²) in [6.45, 7) is 4.42. The zero-order valence-corrected chi connectivity index (χ0v) is 11.7. The molecule has 0 saturated carbocycles. The van der Waals surface area contributed by atoms with Crippen molar-refractivity contribution in [2.24, 2.45) is 11.8 Å². The van der Waals surface area contributed by atoms with Crippen molar-refractivity contribution in [3.05, 3.63) is 35.9 Å². The molecule has 0 amide bonds. The molecule has 0 radical (unpaired) electrons. The first kappa shape index (κ1) is 15.7. The summed E-state index contributed by atoms with van der Waals surface area (Å²) >= 11 is 0. The molecule has 0 saturated heterocycles. The van der Waals surface area contributed by atoms with Crippen LogP contribution in [0.5, 0.6) is 0 Å². The lowest BCUT2D eigenvalue weighted by Gasteiger charge is -2.23. The van der Waals surface area contributed by atoms with Crippen molar-refractivity contribution in [3.63, 3.8) is 0 Å². The van der Waals surface area contributed by atoms with E-state index in [4.69, 9.17) is 4.74 Å². The number of benzene rings is 1. The Morgan fingerprint density at radius 1 is 1.26 bits per heavy atom. The molecule has 0 heterocycles. The minimum atomic E-state index is -0.761. The largest absolute Gasteiger partial charge is 0.469 e. The van der Waals surface area contributed by atoms with Crippen molar-refractivity contribution in [1.29, 1.82) is 0 Å². The SMILES string of the molecule is COC(=O)[C@H](C)[C@H](O)[C@@H](C)COCc1ccccc1. The van der Waals surface area contributed by atoms with Crippen LogP contribution < -0.4 is 0 Å². The van der Waals surface area contributed by atoms with Gasteiger partial charge in [0.05, 0.1) is 32.3 Å². The van der Waals surface area contributed by atoms with Crippen LogP contribution in [0.15, 0.2) is 30.3 Å². The third kappa shape index (κ3) is 5.01. The van der Waals surface area contributed by atoms with Crippen molar-refractivity contribution >= 4 is 5.97 Å². The van der Waals surface area contributed by atoms with Gasteiger partial charge in [0.2, 0.25) is 0 Å². The number of methoxy groups -OCH3 is 1. The van der Waals surface area contributed by atoms with Crippen molar-refractivity contribution in [3.8, 4) is 0 Å². The molecule has 1 aromatic carbocycles. The first-order valence-corrected chi connectivity index (χ1v) is 6.43. The van der Waals surface area contributed by atoms with Gasteiger partial charge in [-0.1, -0.05) is 37.3 Å². The van der Waals surface area contributed by atoms with Gasteiger partial charge in [-0.25, -0.2) is 0 Å². The summed E-state index contributed by atoms with van der Waals surface area (Å²) < 4.78 is 10.2. The highest BCUT2D eigenvalue weighted by molar-refractivity contribution is 5.72. The van der Waals surface area contributed by atoms with Crippen molar-refractivity contribution in [1.82, 2.24) is 0 Å². The maximum atomic E-state index is 11.3. The third-order valence-electron chi connectivity index (χ3n) is 3.16. The molecule has 0 aliphatic rings. The van der Waals surface area contributed by atoms with E-state index in [0.717, 1.165) is 5.56 Å². The number of carbonyl (C=O) groups is 1. The fourth-order valence-corrected chi connectivity index (χ4v) is 1.85. The summed E-state index contributed by atoms with van der Waals surface area (Å²) in [5.74, 6) is -1.07. The molecule has 1 rings (SSSR count). The lowest BCUT2D eigenvalue weighted by molar-refractivity contribution is -0.150. The number of aliphatic hydroxyl groups is 1. The average molecular weight is 266 g/mol. The van der Waals surface area contributed by atoms with Crippen molar-refractivity contribution < 1.29 is 19.4 Å². The molecule has 19 heavy (non-hydrogen) atoms. The second kappa shape index (κ2) is 7.92. The van der Waals surface area contributed by atoms with Crippen LogP contribution >= 0.6 is 0 Å². The Labute approximate surface area is 114 Å². The average Bonchev–Trinajstić information content (AvgIpc) is 2.45. The molecule has 4 nitrogen and oxygen atoms in total. The number of aliphatic hydroxyl groups excluding tert-OH is 1. The molecule has 0 aliphatic heterocycles. The smallest absolute Gasteiger partial charge is 0.311 e. The molecule has 3 atom stereocenters. The molecule has 0 aromatic heterocycles. The Hall–Kier alpha value is -1.39. The van der Waals surface area contributed by atoms with E-state index in [2.05, 4.69) is 4.74 Å². The zero-order valence-electron chi connectivity index (χ0n) is 11.7. The van der Waals surface area contributed by atoms with Gasteiger partial charge >= 0.3 is 5.97 Å². The summed E-state index contributed by atoms with van der Waals surface area (Å²) in [5, 5.41) is 10.0. The van der Waals surface area contributed by atoms with Crippen LogP contribution in [-0.2, 0) is 20.9 Å². The Kier molecular flexibility index (Phi) is 6.53. The molecule has 0 fully saturated rings. The van der Waals surface area contributed by atoms with Crippen LogP contribution in [-0.4, -0.2) is 30.9 Å². The van der Waals surface area contributed by atoms with E-state index < -0.39 is 18.0 Å². The second-order valence-electron chi connectivity index (χ2n) is 4.78. The number of rotatable bonds is 7. The van der Waals surface area contributed by atoms with Gasteiger partial charge in [-0.2, -0.15) is 0 Å². The van der Waals surface area contributed by atoms with Crippen LogP contribution in [0.1, 0.15) is 19.4 Å². The van der Waals surface area contributed by atoms with Crippen LogP contribution in [0.25, 0.3) is 0 Å². The predicted octanol–water partition coefficient (Wildman–Crippen LogP) is 2.01. The first-order chi connectivity index (χ1) is 9.06. The molecular formula is C15H22O4.